The first-order valence-electron chi connectivity index (χ1n) is 7.10. The Morgan fingerprint density at radius 2 is 1.89 bits per heavy atom. The summed E-state index contributed by atoms with van der Waals surface area (Å²) in [6.07, 6.45) is 4.96. The first-order valence-corrected chi connectivity index (χ1v) is 7.10. The number of ether oxygens (including phenoxy) is 1. The van der Waals surface area contributed by atoms with Gasteiger partial charge in [0.15, 0.2) is 0 Å². The monoisotopic (exact) mass is 268 g/mol. The van der Waals surface area contributed by atoms with Crippen LogP contribution >= 0.6 is 0 Å². The SMILES string of the molecule is CC(C)(C)OC(=O)N1CC(=O)NCC12CCCCC2. The highest BCUT2D eigenvalue weighted by Crippen LogP contribution is 2.35. The van der Waals surface area contributed by atoms with Gasteiger partial charge in [-0.25, -0.2) is 4.79 Å². The molecular weight excluding hydrogens is 244 g/mol. The molecule has 2 aliphatic rings. The summed E-state index contributed by atoms with van der Waals surface area (Å²) in [5, 5.41) is 2.90. The van der Waals surface area contributed by atoms with Gasteiger partial charge in [-0.2, -0.15) is 0 Å². The molecule has 108 valence electrons. The van der Waals surface area contributed by atoms with Crippen LogP contribution in [0, 0.1) is 0 Å². The topological polar surface area (TPSA) is 58.6 Å². The molecule has 19 heavy (non-hydrogen) atoms. The van der Waals surface area contributed by atoms with Crippen molar-refractivity contribution in [1.29, 1.82) is 0 Å². The number of carbonyl (C=O) groups is 2. The Kier molecular flexibility index (Phi) is 3.74. The van der Waals surface area contributed by atoms with Gasteiger partial charge in [0.05, 0.1) is 5.54 Å². The molecule has 1 aliphatic carbocycles. The van der Waals surface area contributed by atoms with Crippen LogP contribution in [0.4, 0.5) is 4.79 Å². The quantitative estimate of drug-likeness (QED) is 0.731. The van der Waals surface area contributed by atoms with Gasteiger partial charge in [0, 0.05) is 6.54 Å². The van der Waals surface area contributed by atoms with E-state index in [1.54, 1.807) is 4.90 Å². The van der Waals surface area contributed by atoms with Crippen molar-refractivity contribution in [3.63, 3.8) is 0 Å². The highest BCUT2D eigenvalue weighted by molar-refractivity contribution is 5.84. The summed E-state index contributed by atoms with van der Waals surface area (Å²) in [6, 6.07) is 0. The molecule has 1 saturated heterocycles. The van der Waals surface area contributed by atoms with Crippen LogP contribution < -0.4 is 5.32 Å². The molecule has 2 fully saturated rings. The van der Waals surface area contributed by atoms with E-state index in [1.807, 2.05) is 20.8 Å². The maximum atomic E-state index is 12.4. The third-order valence-electron chi connectivity index (χ3n) is 3.89. The van der Waals surface area contributed by atoms with Crippen molar-refractivity contribution in [2.24, 2.45) is 0 Å². The lowest BCUT2D eigenvalue weighted by Gasteiger charge is -2.48. The van der Waals surface area contributed by atoms with Crippen LogP contribution in [0.15, 0.2) is 0 Å². The number of nitrogens with zero attached hydrogens (tertiary/aromatic N) is 1. The second-order valence-corrected chi connectivity index (χ2v) is 6.63. The lowest BCUT2D eigenvalue weighted by atomic mass is 9.79. The summed E-state index contributed by atoms with van der Waals surface area (Å²) in [4.78, 5) is 25.6. The molecule has 0 unspecified atom stereocenters. The number of carbonyl (C=O) groups excluding carboxylic acids is 2. The Labute approximate surface area is 114 Å². The summed E-state index contributed by atoms with van der Waals surface area (Å²) < 4.78 is 5.46. The van der Waals surface area contributed by atoms with Crippen molar-refractivity contribution in [1.82, 2.24) is 10.2 Å². The first-order chi connectivity index (χ1) is 8.82. The van der Waals surface area contributed by atoms with Crippen LogP contribution in [0.3, 0.4) is 0 Å². The maximum Gasteiger partial charge on any atom is 0.411 e. The van der Waals surface area contributed by atoms with Gasteiger partial charge in [-0.3, -0.25) is 9.69 Å². The van der Waals surface area contributed by atoms with Gasteiger partial charge in [0.2, 0.25) is 5.91 Å². The fourth-order valence-electron chi connectivity index (χ4n) is 2.96. The second-order valence-electron chi connectivity index (χ2n) is 6.63. The number of rotatable bonds is 0. The largest absolute Gasteiger partial charge is 0.444 e. The summed E-state index contributed by atoms with van der Waals surface area (Å²) in [7, 11) is 0. The van der Waals surface area contributed by atoms with Crippen LogP contribution in [0.2, 0.25) is 0 Å². The normalized spacial score (nSPS) is 23.1. The Morgan fingerprint density at radius 1 is 1.26 bits per heavy atom. The van der Waals surface area contributed by atoms with Gasteiger partial charge in [-0.15, -0.1) is 0 Å². The summed E-state index contributed by atoms with van der Waals surface area (Å²) in [5.41, 5.74) is -0.755. The van der Waals surface area contributed by atoms with E-state index in [9.17, 15) is 9.59 Å². The Balaban J connectivity index is 2.16. The molecule has 0 aromatic heterocycles. The zero-order chi connectivity index (χ0) is 14.1. The smallest absolute Gasteiger partial charge is 0.411 e. The van der Waals surface area contributed by atoms with E-state index < -0.39 is 5.60 Å². The lowest BCUT2D eigenvalue weighted by molar-refractivity contribution is -0.129. The summed E-state index contributed by atoms with van der Waals surface area (Å²) >= 11 is 0. The number of nitrogens with one attached hydrogen (secondary N) is 1. The zero-order valence-electron chi connectivity index (χ0n) is 12.1. The van der Waals surface area contributed by atoms with Crippen molar-refractivity contribution in [3.8, 4) is 0 Å². The van der Waals surface area contributed by atoms with Crippen molar-refractivity contribution in [2.75, 3.05) is 13.1 Å². The minimum Gasteiger partial charge on any atom is -0.444 e. The van der Waals surface area contributed by atoms with Crippen LogP contribution in [0.1, 0.15) is 52.9 Å². The predicted octanol–water partition coefficient (Wildman–Crippen LogP) is 2.06. The van der Waals surface area contributed by atoms with Crippen molar-refractivity contribution in [3.05, 3.63) is 0 Å². The number of amides is 2. The van der Waals surface area contributed by atoms with Crippen molar-refractivity contribution in [2.45, 2.75) is 64.0 Å². The summed E-state index contributed by atoms with van der Waals surface area (Å²) in [6.45, 7) is 6.23. The maximum absolute atomic E-state index is 12.4. The molecule has 1 N–H and O–H groups in total. The van der Waals surface area contributed by atoms with E-state index in [-0.39, 0.29) is 24.1 Å². The van der Waals surface area contributed by atoms with E-state index in [0.717, 1.165) is 25.7 Å². The Bertz CT molecular complexity index is 367. The average Bonchev–Trinajstić information content (AvgIpc) is 2.31. The number of hydrogen-bond acceptors (Lipinski definition) is 3. The van der Waals surface area contributed by atoms with E-state index in [0.29, 0.717) is 6.54 Å². The van der Waals surface area contributed by atoms with Crippen LogP contribution in [-0.2, 0) is 9.53 Å². The average molecular weight is 268 g/mol. The molecule has 1 heterocycles. The van der Waals surface area contributed by atoms with Crippen LogP contribution in [0.5, 0.6) is 0 Å². The van der Waals surface area contributed by atoms with Gasteiger partial charge in [0.25, 0.3) is 0 Å². The van der Waals surface area contributed by atoms with E-state index in [4.69, 9.17) is 4.74 Å². The minimum absolute atomic E-state index is 0.0953. The molecule has 1 spiro atoms. The highest BCUT2D eigenvalue weighted by Gasteiger charge is 2.45. The molecule has 5 nitrogen and oxygen atoms in total. The molecule has 2 rings (SSSR count). The molecule has 2 amide bonds. The third-order valence-corrected chi connectivity index (χ3v) is 3.89. The predicted molar refractivity (Wildman–Crippen MR) is 71.8 cm³/mol. The molecule has 0 aromatic rings. The van der Waals surface area contributed by atoms with E-state index in [1.165, 1.54) is 6.42 Å². The fourth-order valence-corrected chi connectivity index (χ4v) is 2.96. The van der Waals surface area contributed by atoms with Crippen molar-refractivity contribution < 1.29 is 14.3 Å². The molecular formula is C14H24N2O3. The minimum atomic E-state index is -0.527. The van der Waals surface area contributed by atoms with Gasteiger partial charge in [-0.05, 0) is 33.6 Å². The standard InChI is InChI=1S/C14H24N2O3/c1-13(2,3)19-12(18)16-9-11(17)15-10-14(16)7-5-4-6-8-14/h4-10H2,1-3H3,(H,15,17). The second kappa shape index (κ2) is 5.02. The first kappa shape index (κ1) is 14.2. The molecule has 1 aliphatic heterocycles. The fraction of sp³-hybridized carbons (Fsp3) is 0.857. The summed E-state index contributed by atoms with van der Waals surface area (Å²) in [5.74, 6) is -0.0953. The molecule has 0 radical (unpaired) electrons. The number of piperazine rings is 1. The van der Waals surface area contributed by atoms with Crippen LogP contribution in [-0.4, -0.2) is 41.1 Å². The van der Waals surface area contributed by atoms with Gasteiger partial charge >= 0.3 is 6.09 Å². The zero-order valence-corrected chi connectivity index (χ0v) is 12.1. The van der Waals surface area contributed by atoms with Crippen molar-refractivity contribution >= 4 is 12.0 Å². The van der Waals surface area contributed by atoms with E-state index in [2.05, 4.69) is 5.32 Å². The molecule has 0 aromatic carbocycles. The lowest BCUT2D eigenvalue weighted by Crippen LogP contribution is -2.66. The molecule has 0 atom stereocenters. The van der Waals surface area contributed by atoms with Gasteiger partial charge in [-0.1, -0.05) is 19.3 Å². The third kappa shape index (κ3) is 3.19. The molecule has 0 bridgehead atoms. The Morgan fingerprint density at radius 3 is 2.47 bits per heavy atom. The van der Waals surface area contributed by atoms with E-state index >= 15 is 0 Å². The number of hydrogen-bond donors (Lipinski definition) is 1. The van der Waals surface area contributed by atoms with Gasteiger partial charge < -0.3 is 10.1 Å². The highest BCUT2D eigenvalue weighted by atomic mass is 16.6. The molecule has 5 heteroatoms. The van der Waals surface area contributed by atoms with Gasteiger partial charge in [0.1, 0.15) is 12.1 Å². The van der Waals surface area contributed by atoms with Crippen LogP contribution in [0.25, 0.3) is 0 Å². The molecule has 1 saturated carbocycles. The Hall–Kier alpha value is -1.26.